The molecule has 1 aliphatic rings. The van der Waals surface area contributed by atoms with Crippen LogP contribution in [0.2, 0.25) is 0 Å². The first-order valence-corrected chi connectivity index (χ1v) is 8.02. The van der Waals surface area contributed by atoms with Gasteiger partial charge in [0.1, 0.15) is 5.65 Å². The molecule has 0 saturated heterocycles. The predicted octanol–water partition coefficient (Wildman–Crippen LogP) is 3.09. The molecular weight excluding hydrogens is 300 g/mol. The average molecular weight is 318 g/mol. The summed E-state index contributed by atoms with van der Waals surface area (Å²) in [4.78, 5) is 21.1. The fraction of sp³-hybridized carbons (Fsp3) is 0.222. The quantitative estimate of drug-likeness (QED) is 0.775. The molecule has 1 aliphatic heterocycles. The molecule has 24 heavy (non-hydrogen) atoms. The van der Waals surface area contributed by atoms with Crippen molar-refractivity contribution in [2.75, 3.05) is 18.9 Å². The molecule has 3 aromatic rings. The molecule has 0 spiro atoms. The lowest BCUT2D eigenvalue weighted by Crippen LogP contribution is -2.00. The van der Waals surface area contributed by atoms with E-state index in [0.717, 1.165) is 52.1 Å². The molecule has 6 heteroatoms. The van der Waals surface area contributed by atoms with E-state index in [1.54, 1.807) is 0 Å². The Bertz CT molecular complexity index is 945. The number of nitrogens with zero attached hydrogens (tertiary/aromatic N) is 4. The largest absolute Gasteiger partial charge is 0.357 e. The van der Waals surface area contributed by atoms with Gasteiger partial charge in [-0.15, -0.1) is 0 Å². The van der Waals surface area contributed by atoms with Gasteiger partial charge < -0.3 is 10.3 Å². The summed E-state index contributed by atoms with van der Waals surface area (Å²) in [6, 6.07) is 4.18. The lowest BCUT2D eigenvalue weighted by Gasteiger charge is -2.06. The number of rotatable bonds is 4. The zero-order valence-electron chi connectivity index (χ0n) is 13.7. The standard InChI is InChI=1S/C18H18N6/c1-3-13-7-16(24-18(19-2)23-13)15-10-22-17-14(15)6-12(9-21-17)11-4-5-20-8-11/h4,6-10H,3,5H2,1-2H3,(H,21,22)(H,19,23,24). The zero-order chi connectivity index (χ0) is 16.5. The first kappa shape index (κ1) is 14.6. The Hall–Kier alpha value is -3.02. The SMILES string of the molecule is CCc1cc(-c2c[nH]c3ncc(C4=CCN=C4)cc23)nc(NC)n1. The van der Waals surface area contributed by atoms with Crippen LogP contribution in [-0.2, 0) is 6.42 Å². The summed E-state index contributed by atoms with van der Waals surface area (Å²) in [7, 11) is 1.83. The number of pyridine rings is 1. The van der Waals surface area contributed by atoms with Crippen LogP contribution in [-0.4, -0.2) is 39.7 Å². The molecule has 6 nitrogen and oxygen atoms in total. The molecule has 120 valence electrons. The van der Waals surface area contributed by atoms with Gasteiger partial charge in [0.05, 0.1) is 12.2 Å². The van der Waals surface area contributed by atoms with E-state index in [1.807, 2.05) is 31.7 Å². The summed E-state index contributed by atoms with van der Waals surface area (Å²) in [5.74, 6) is 0.633. The van der Waals surface area contributed by atoms with Crippen molar-refractivity contribution < 1.29 is 0 Å². The van der Waals surface area contributed by atoms with Crippen molar-refractivity contribution in [3.63, 3.8) is 0 Å². The number of aryl methyl sites for hydroxylation is 1. The van der Waals surface area contributed by atoms with Crippen LogP contribution in [0.4, 0.5) is 5.95 Å². The summed E-state index contributed by atoms with van der Waals surface area (Å²) in [5.41, 5.74) is 5.97. The van der Waals surface area contributed by atoms with Crippen molar-refractivity contribution in [3.8, 4) is 11.3 Å². The van der Waals surface area contributed by atoms with Crippen LogP contribution >= 0.6 is 0 Å². The summed E-state index contributed by atoms with van der Waals surface area (Å²) in [6.45, 7) is 2.83. The number of H-pyrrole nitrogens is 1. The van der Waals surface area contributed by atoms with E-state index in [2.05, 4.69) is 49.3 Å². The Morgan fingerprint density at radius 2 is 2.17 bits per heavy atom. The van der Waals surface area contributed by atoms with Crippen LogP contribution in [0.1, 0.15) is 18.2 Å². The van der Waals surface area contributed by atoms with Gasteiger partial charge in [-0.25, -0.2) is 15.0 Å². The van der Waals surface area contributed by atoms with Gasteiger partial charge in [-0.05, 0) is 24.1 Å². The maximum atomic E-state index is 4.61. The van der Waals surface area contributed by atoms with Crippen LogP contribution in [0, 0.1) is 0 Å². The number of aromatic nitrogens is 4. The van der Waals surface area contributed by atoms with E-state index in [4.69, 9.17) is 0 Å². The zero-order valence-corrected chi connectivity index (χ0v) is 13.7. The number of aromatic amines is 1. The highest BCUT2D eigenvalue weighted by Gasteiger charge is 2.13. The molecular formula is C18H18N6. The molecule has 0 radical (unpaired) electrons. The molecule has 0 atom stereocenters. The van der Waals surface area contributed by atoms with Gasteiger partial charge >= 0.3 is 0 Å². The Morgan fingerprint density at radius 1 is 1.25 bits per heavy atom. The van der Waals surface area contributed by atoms with Gasteiger partial charge in [-0.2, -0.15) is 0 Å². The Balaban J connectivity index is 1.87. The molecule has 0 saturated carbocycles. The van der Waals surface area contributed by atoms with E-state index in [1.165, 1.54) is 0 Å². The normalized spacial score (nSPS) is 13.5. The van der Waals surface area contributed by atoms with E-state index in [0.29, 0.717) is 5.95 Å². The van der Waals surface area contributed by atoms with Crippen molar-refractivity contribution in [3.05, 3.63) is 41.9 Å². The molecule has 3 aromatic heterocycles. The van der Waals surface area contributed by atoms with E-state index in [-0.39, 0.29) is 0 Å². The predicted molar refractivity (Wildman–Crippen MR) is 97.4 cm³/mol. The third kappa shape index (κ3) is 2.46. The van der Waals surface area contributed by atoms with Crippen LogP contribution in [0.25, 0.3) is 27.9 Å². The molecule has 4 heterocycles. The van der Waals surface area contributed by atoms with Crippen LogP contribution in [0.5, 0.6) is 0 Å². The number of hydrogen-bond donors (Lipinski definition) is 2. The molecule has 4 rings (SSSR count). The van der Waals surface area contributed by atoms with Crippen molar-refractivity contribution in [1.82, 2.24) is 19.9 Å². The first-order chi connectivity index (χ1) is 11.8. The lowest BCUT2D eigenvalue weighted by molar-refractivity contribution is 1.00. The second kappa shape index (κ2) is 5.88. The molecule has 0 bridgehead atoms. The number of anilines is 1. The fourth-order valence-electron chi connectivity index (χ4n) is 2.85. The minimum Gasteiger partial charge on any atom is -0.357 e. The highest BCUT2D eigenvalue weighted by atomic mass is 15.1. The summed E-state index contributed by atoms with van der Waals surface area (Å²) >= 11 is 0. The van der Waals surface area contributed by atoms with Gasteiger partial charge in [0.15, 0.2) is 0 Å². The molecule has 0 fully saturated rings. The summed E-state index contributed by atoms with van der Waals surface area (Å²) in [5, 5.41) is 4.09. The van der Waals surface area contributed by atoms with Gasteiger partial charge in [0, 0.05) is 47.9 Å². The minimum absolute atomic E-state index is 0.633. The maximum Gasteiger partial charge on any atom is 0.223 e. The average Bonchev–Trinajstić information content (AvgIpc) is 3.30. The van der Waals surface area contributed by atoms with Crippen LogP contribution < -0.4 is 5.32 Å². The van der Waals surface area contributed by atoms with Crippen molar-refractivity contribution in [1.29, 1.82) is 0 Å². The molecule has 0 aromatic carbocycles. The van der Waals surface area contributed by atoms with Gasteiger partial charge in [0.25, 0.3) is 0 Å². The van der Waals surface area contributed by atoms with Gasteiger partial charge in [-0.1, -0.05) is 13.0 Å². The number of nitrogens with one attached hydrogen (secondary N) is 2. The Morgan fingerprint density at radius 3 is 2.92 bits per heavy atom. The van der Waals surface area contributed by atoms with Crippen LogP contribution in [0.15, 0.2) is 35.6 Å². The van der Waals surface area contributed by atoms with Crippen LogP contribution in [0.3, 0.4) is 0 Å². The van der Waals surface area contributed by atoms with E-state index >= 15 is 0 Å². The van der Waals surface area contributed by atoms with Gasteiger partial charge in [-0.3, -0.25) is 4.99 Å². The van der Waals surface area contributed by atoms with Gasteiger partial charge in [0.2, 0.25) is 5.95 Å². The molecule has 0 amide bonds. The Kier molecular flexibility index (Phi) is 3.57. The highest BCUT2D eigenvalue weighted by Crippen LogP contribution is 2.29. The van der Waals surface area contributed by atoms with E-state index < -0.39 is 0 Å². The first-order valence-electron chi connectivity index (χ1n) is 8.02. The fourth-order valence-corrected chi connectivity index (χ4v) is 2.85. The number of hydrogen-bond acceptors (Lipinski definition) is 5. The van der Waals surface area contributed by atoms with Crippen molar-refractivity contribution in [2.24, 2.45) is 4.99 Å². The van der Waals surface area contributed by atoms with E-state index in [9.17, 15) is 0 Å². The lowest BCUT2D eigenvalue weighted by atomic mass is 10.1. The topological polar surface area (TPSA) is 78.8 Å². The molecule has 0 unspecified atom stereocenters. The second-order valence-electron chi connectivity index (χ2n) is 5.65. The second-order valence-corrected chi connectivity index (χ2v) is 5.65. The molecule has 0 aliphatic carbocycles. The monoisotopic (exact) mass is 318 g/mol. The smallest absolute Gasteiger partial charge is 0.223 e. The van der Waals surface area contributed by atoms with Crippen molar-refractivity contribution in [2.45, 2.75) is 13.3 Å². The maximum absolute atomic E-state index is 4.61. The summed E-state index contributed by atoms with van der Waals surface area (Å²) < 4.78 is 0. The third-order valence-corrected chi connectivity index (χ3v) is 4.15. The summed E-state index contributed by atoms with van der Waals surface area (Å²) in [6.07, 6.45) is 8.70. The number of aliphatic imine (C=N–C) groups is 1. The van der Waals surface area contributed by atoms with Crippen molar-refractivity contribution >= 4 is 28.8 Å². The highest BCUT2D eigenvalue weighted by molar-refractivity contribution is 6.12. The minimum atomic E-state index is 0.633. The Labute approximate surface area is 139 Å². The third-order valence-electron chi connectivity index (χ3n) is 4.15. The molecule has 2 N–H and O–H groups in total. The number of fused-ring (bicyclic) bond motifs is 1. The number of allylic oxidation sites excluding steroid dienone is 1.